The molecule has 1 aromatic heterocycles. The van der Waals surface area contributed by atoms with Crippen molar-refractivity contribution in [3.8, 4) is 0 Å². The van der Waals surface area contributed by atoms with E-state index in [4.69, 9.17) is 4.42 Å². The van der Waals surface area contributed by atoms with Crippen molar-refractivity contribution in [1.82, 2.24) is 0 Å². The minimum atomic E-state index is 0.972. The van der Waals surface area contributed by atoms with Crippen LogP contribution >= 0.6 is 0 Å². The van der Waals surface area contributed by atoms with E-state index < -0.39 is 0 Å². The summed E-state index contributed by atoms with van der Waals surface area (Å²) < 4.78 is 6.41. The Hall–Kier alpha value is -3.32. The molecule has 6 rings (SSSR count). The molecule has 1 heterocycles. The molecule has 6 aromatic rings. The van der Waals surface area contributed by atoms with Gasteiger partial charge in [0, 0.05) is 16.2 Å². The molecule has 0 atom stereocenters. The van der Waals surface area contributed by atoms with Gasteiger partial charge in [-0.1, -0.05) is 61.5 Å². The molecular formula is C27H20O. The Morgan fingerprint density at radius 3 is 2.21 bits per heavy atom. The maximum atomic E-state index is 6.41. The lowest BCUT2D eigenvalue weighted by Gasteiger charge is -2.13. The number of benzene rings is 5. The Balaban J connectivity index is 1.85. The van der Waals surface area contributed by atoms with E-state index in [9.17, 15) is 0 Å². The molecule has 134 valence electrons. The minimum absolute atomic E-state index is 0.972. The molecule has 0 unspecified atom stereocenters. The lowest BCUT2D eigenvalue weighted by molar-refractivity contribution is 0.673. The third kappa shape index (κ3) is 1.96. The van der Waals surface area contributed by atoms with Crippen molar-refractivity contribution in [3.05, 3.63) is 83.9 Å². The second-order valence-corrected chi connectivity index (χ2v) is 7.66. The summed E-state index contributed by atoms with van der Waals surface area (Å²) in [5, 5.41) is 10.2. The maximum Gasteiger partial charge on any atom is 0.143 e. The largest absolute Gasteiger partial charge is 0.455 e. The van der Waals surface area contributed by atoms with Gasteiger partial charge in [0.15, 0.2) is 0 Å². The van der Waals surface area contributed by atoms with E-state index in [2.05, 4.69) is 86.6 Å². The van der Waals surface area contributed by atoms with Crippen molar-refractivity contribution in [3.63, 3.8) is 0 Å². The molecule has 0 fully saturated rings. The second-order valence-electron chi connectivity index (χ2n) is 7.66. The van der Waals surface area contributed by atoms with E-state index in [0.717, 1.165) is 17.6 Å². The van der Waals surface area contributed by atoms with Gasteiger partial charge in [-0.15, -0.1) is 0 Å². The van der Waals surface area contributed by atoms with Crippen LogP contribution in [0, 0.1) is 6.92 Å². The molecule has 0 radical (unpaired) electrons. The zero-order valence-electron chi connectivity index (χ0n) is 16.0. The summed E-state index contributed by atoms with van der Waals surface area (Å²) in [5.41, 5.74) is 4.71. The van der Waals surface area contributed by atoms with Gasteiger partial charge in [0.1, 0.15) is 11.2 Å². The molecule has 0 bridgehead atoms. The highest BCUT2D eigenvalue weighted by Gasteiger charge is 2.15. The molecule has 0 aliphatic heterocycles. The lowest BCUT2D eigenvalue weighted by Crippen LogP contribution is -1.91. The van der Waals surface area contributed by atoms with Crippen molar-refractivity contribution in [1.29, 1.82) is 0 Å². The van der Waals surface area contributed by atoms with Crippen LogP contribution in [0.3, 0.4) is 0 Å². The zero-order chi connectivity index (χ0) is 18.8. The highest BCUT2D eigenvalue weighted by atomic mass is 16.3. The molecule has 0 aliphatic rings. The summed E-state index contributed by atoms with van der Waals surface area (Å²) >= 11 is 0. The molecule has 0 amide bonds. The molecule has 0 saturated heterocycles. The van der Waals surface area contributed by atoms with Gasteiger partial charge in [0.2, 0.25) is 0 Å². The summed E-state index contributed by atoms with van der Waals surface area (Å²) in [6.07, 6.45) is 1.02. The number of aryl methyl sites for hydroxylation is 2. The van der Waals surface area contributed by atoms with Crippen molar-refractivity contribution in [2.45, 2.75) is 20.3 Å². The number of fused-ring (bicyclic) bond motifs is 7. The van der Waals surface area contributed by atoms with Gasteiger partial charge in [-0.25, -0.2) is 0 Å². The third-order valence-electron chi connectivity index (χ3n) is 6.24. The van der Waals surface area contributed by atoms with Crippen LogP contribution in [0.15, 0.2) is 77.2 Å². The average molecular weight is 360 g/mol. The van der Waals surface area contributed by atoms with E-state index in [0.29, 0.717) is 0 Å². The summed E-state index contributed by atoms with van der Waals surface area (Å²) in [6.45, 7) is 4.48. The van der Waals surface area contributed by atoms with Gasteiger partial charge in [-0.05, 0) is 69.6 Å². The molecule has 0 spiro atoms. The van der Waals surface area contributed by atoms with Crippen molar-refractivity contribution in [2.75, 3.05) is 0 Å². The molecule has 0 aliphatic carbocycles. The van der Waals surface area contributed by atoms with Gasteiger partial charge in [0.25, 0.3) is 0 Å². The standard InChI is InChI=1S/C27H20O/c1-3-18-21-11-7-6-9-19(21)16(2)23-15-26-25(14-24(18)23)22-13-12-17-8-4-5-10-20(17)27(22)28-26/h4-15H,3H2,1-2H3. The van der Waals surface area contributed by atoms with E-state index >= 15 is 0 Å². The number of furan rings is 1. The predicted molar refractivity (Wildman–Crippen MR) is 120 cm³/mol. The molecule has 1 nitrogen and oxygen atoms in total. The first-order valence-corrected chi connectivity index (χ1v) is 9.94. The van der Waals surface area contributed by atoms with E-state index in [-0.39, 0.29) is 0 Å². The predicted octanol–water partition coefficient (Wildman–Crippen LogP) is 7.92. The Kier molecular flexibility index (Phi) is 3.14. The Morgan fingerprint density at radius 2 is 1.39 bits per heavy atom. The van der Waals surface area contributed by atoms with Crippen LogP contribution in [-0.2, 0) is 6.42 Å². The zero-order valence-corrected chi connectivity index (χ0v) is 16.0. The lowest BCUT2D eigenvalue weighted by atomic mass is 9.90. The second kappa shape index (κ2) is 5.59. The average Bonchev–Trinajstić information content (AvgIpc) is 3.11. The molecular weight excluding hydrogens is 340 g/mol. The van der Waals surface area contributed by atoms with E-state index in [1.807, 2.05) is 0 Å². The fourth-order valence-corrected chi connectivity index (χ4v) is 4.85. The molecule has 0 N–H and O–H groups in total. The molecule has 0 saturated carbocycles. The smallest absolute Gasteiger partial charge is 0.143 e. The molecule has 1 heteroatoms. The summed E-state index contributed by atoms with van der Waals surface area (Å²) in [7, 11) is 0. The van der Waals surface area contributed by atoms with Crippen molar-refractivity contribution in [2.24, 2.45) is 0 Å². The van der Waals surface area contributed by atoms with E-state index in [1.54, 1.807) is 0 Å². The minimum Gasteiger partial charge on any atom is -0.455 e. The Bertz CT molecular complexity index is 1550. The fraction of sp³-hybridized carbons (Fsp3) is 0.111. The van der Waals surface area contributed by atoms with Crippen LogP contribution in [0.4, 0.5) is 0 Å². The summed E-state index contributed by atoms with van der Waals surface area (Å²) in [5.74, 6) is 0. The fourth-order valence-electron chi connectivity index (χ4n) is 4.85. The number of hydrogen-bond acceptors (Lipinski definition) is 1. The van der Waals surface area contributed by atoms with Gasteiger partial charge in [0.05, 0.1) is 0 Å². The Morgan fingerprint density at radius 1 is 0.643 bits per heavy atom. The first-order chi connectivity index (χ1) is 13.8. The highest BCUT2D eigenvalue weighted by molar-refractivity contribution is 6.19. The number of hydrogen-bond donors (Lipinski definition) is 0. The third-order valence-corrected chi connectivity index (χ3v) is 6.24. The number of rotatable bonds is 1. The first kappa shape index (κ1) is 15.7. The highest BCUT2D eigenvalue weighted by Crippen LogP contribution is 2.40. The normalized spacial score (nSPS) is 12.1. The monoisotopic (exact) mass is 360 g/mol. The van der Waals surface area contributed by atoms with Crippen LogP contribution in [-0.4, -0.2) is 0 Å². The van der Waals surface area contributed by atoms with Crippen LogP contribution < -0.4 is 0 Å². The van der Waals surface area contributed by atoms with Gasteiger partial charge in [-0.3, -0.25) is 0 Å². The maximum absolute atomic E-state index is 6.41. The van der Waals surface area contributed by atoms with Crippen LogP contribution in [0.2, 0.25) is 0 Å². The molecule has 28 heavy (non-hydrogen) atoms. The van der Waals surface area contributed by atoms with Crippen molar-refractivity contribution < 1.29 is 4.42 Å². The van der Waals surface area contributed by atoms with Crippen molar-refractivity contribution >= 4 is 54.3 Å². The van der Waals surface area contributed by atoms with E-state index in [1.165, 1.54) is 54.2 Å². The SMILES string of the molecule is CCc1c2ccccc2c(C)c2cc3oc4c5ccccc5ccc4c3cc12. The molecule has 5 aromatic carbocycles. The van der Waals surface area contributed by atoms with Crippen LogP contribution in [0.5, 0.6) is 0 Å². The van der Waals surface area contributed by atoms with Crippen LogP contribution in [0.1, 0.15) is 18.1 Å². The quantitative estimate of drug-likeness (QED) is 0.271. The van der Waals surface area contributed by atoms with Gasteiger partial charge >= 0.3 is 0 Å². The van der Waals surface area contributed by atoms with Gasteiger partial charge in [-0.2, -0.15) is 0 Å². The summed E-state index contributed by atoms with van der Waals surface area (Å²) in [4.78, 5) is 0. The summed E-state index contributed by atoms with van der Waals surface area (Å²) in [6, 6.07) is 26.2. The first-order valence-electron chi connectivity index (χ1n) is 9.94. The Labute approximate surface area is 163 Å². The van der Waals surface area contributed by atoms with Gasteiger partial charge < -0.3 is 4.42 Å². The topological polar surface area (TPSA) is 13.1 Å². The van der Waals surface area contributed by atoms with Crippen LogP contribution in [0.25, 0.3) is 54.3 Å².